The van der Waals surface area contributed by atoms with Gasteiger partial charge in [0.2, 0.25) is 0 Å². The van der Waals surface area contributed by atoms with Crippen LogP contribution in [0.1, 0.15) is 19.3 Å². The van der Waals surface area contributed by atoms with Crippen molar-refractivity contribution in [3.05, 3.63) is 40.2 Å². The predicted octanol–water partition coefficient (Wildman–Crippen LogP) is 3.95. The Bertz CT molecular complexity index is 514. The lowest BCUT2D eigenvalue weighted by Gasteiger charge is -2.26. The summed E-state index contributed by atoms with van der Waals surface area (Å²) in [6.07, 6.45) is 8.17. The second-order valence-electron chi connectivity index (χ2n) is 4.71. The second-order valence-corrected chi connectivity index (χ2v) is 5.96. The monoisotopic (exact) mass is 338 g/mol. The molecule has 0 aliphatic heterocycles. The van der Waals surface area contributed by atoms with E-state index in [1.54, 1.807) is 0 Å². The van der Waals surface area contributed by atoms with Crippen molar-refractivity contribution in [1.29, 1.82) is 0 Å². The van der Waals surface area contributed by atoms with Crippen molar-refractivity contribution in [2.24, 2.45) is 5.92 Å². The van der Waals surface area contributed by atoms with E-state index in [9.17, 15) is 0 Å². The Balaban J connectivity index is 1.89. The molecule has 1 heterocycles. The molecule has 1 aliphatic rings. The van der Waals surface area contributed by atoms with Gasteiger partial charge in [-0.3, -0.25) is 0 Å². The number of benzene rings is 1. The van der Waals surface area contributed by atoms with E-state index >= 15 is 0 Å². The van der Waals surface area contributed by atoms with Gasteiger partial charge in [-0.05, 0) is 53.5 Å². The van der Waals surface area contributed by atoms with Gasteiger partial charge < -0.3 is 4.57 Å². The zero-order valence-corrected chi connectivity index (χ0v) is 11.8. The van der Waals surface area contributed by atoms with Gasteiger partial charge in [-0.2, -0.15) is 0 Å². The molecule has 0 spiro atoms. The number of rotatable bonds is 3. The summed E-state index contributed by atoms with van der Waals surface area (Å²) in [7, 11) is 0. The third-order valence-electron chi connectivity index (χ3n) is 3.48. The number of imidazole rings is 1. The largest absolute Gasteiger partial charge is 0.331 e. The molecule has 0 bridgehead atoms. The first kappa shape index (κ1) is 11.3. The Morgan fingerprint density at radius 2 is 2.24 bits per heavy atom. The van der Waals surface area contributed by atoms with Gasteiger partial charge in [0, 0.05) is 28.1 Å². The van der Waals surface area contributed by atoms with E-state index in [1.165, 1.54) is 28.4 Å². The highest BCUT2D eigenvalue weighted by Gasteiger charge is 2.19. The van der Waals surface area contributed by atoms with Crippen molar-refractivity contribution in [2.75, 3.05) is 0 Å². The van der Waals surface area contributed by atoms with Crippen LogP contribution in [0.4, 0.5) is 0 Å². The number of hydrogen-bond acceptors (Lipinski definition) is 1. The topological polar surface area (TPSA) is 17.8 Å². The summed E-state index contributed by atoms with van der Waals surface area (Å²) in [5.41, 5.74) is 1.22. The van der Waals surface area contributed by atoms with Gasteiger partial charge in [-0.25, -0.2) is 4.98 Å². The molecule has 88 valence electrons. The zero-order valence-electron chi connectivity index (χ0n) is 9.64. The normalized spacial score (nSPS) is 15.8. The van der Waals surface area contributed by atoms with Gasteiger partial charge in [0.05, 0.1) is 0 Å². The molecule has 1 aromatic heterocycles. The van der Waals surface area contributed by atoms with Crippen LogP contribution in [0.2, 0.25) is 0 Å². The highest BCUT2D eigenvalue weighted by molar-refractivity contribution is 14.1. The molecule has 2 aromatic rings. The minimum atomic E-state index is 0.866. The molecule has 0 atom stereocenters. The first-order valence-electron chi connectivity index (χ1n) is 6.10. The van der Waals surface area contributed by atoms with Crippen LogP contribution in [0, 0.1) is 9.49 Å². The number of aromatic nitrogens is 2. The van der Waals surface area contributed by atoms with Gasteiger partial charge in [-0.1, -0.05) is 18.6 Å². The van der Waals surface area contributed by atoms with E-state index in [0.717, 1.165) is 18.3 Å². The lowest BCUT2D eigenvalue weighted by atomic mass is 9.85. The summed E-state index contributed by atoms with van der Waals surface area (Å²) in [5.74, 6) is 1.97. The third-order valence-corrected chi connectivity index (χ3v) is 4.15. The van der Waals surface area contributed by atoms with E-state index in [2.05, 4.69) is 62.6 Å². The van der Waals surface area contributed by atoms with Crippen LogP contribution in [-0.2, 0) is 6.54 Å². The van der Waals surface area contributed by atoms with Crippen molar-refractivity contribution in [3.8, 4) is 11.4 Å². The van der Waals surface area contributed by atoms with Crippen molar-refractivity contribution in [3.63, 3.8) is 0 Å². The van der Waals surface area contributed by atoms with Crippen molar-refractivity contribution >= 4 is 22.6 Å². The lowest BCUT2D eigenvalue weighted by molar-refractivity contribution is 0.277. The van der Waals surface area contributed by atoms with E-state index in [4.69, 9.17) is 0 Å². The Kier molecular flexibility index (Phi) is 3.18. The SMILES string of the molecule is Ic1cccc(-c2nccn2CC2CCC2)c1. The van der Waals surface area contributed by atoms with Crippen LogP contribution >= 0.6 is 22.6 Å². The molecule has 2 nitrogen and oxygen atoms in total. The summed E-state index contributed by atoms with van der Waals surface area (Å²) in [6.45, 7) is 1.13. The first-order valence-corrected chi connectivity index (χ1v) is 7.18. The van der Waals surface area contributed by atoms with Crippen LogP contribution in [0.3, 0.4) is 0 Å². The Morgan fingerprint density at radius 3 is 2.94 bits per heavy atom. The lowest BCUT2D eigenvalue weighted by Crippen LogP contribution is -2.18. The fourth-order valence-electron chi connectivity index (χ4n) is 2.30. The minimum Gasteiger partial charge on any atom is -0.331 e. The minimum absolute atomic E-state index is 0.866. The maximum atomic E-state index is 4.50. The molecule has 17 heavy (non-hydrogen) atoms. The Hall–Kier alpha value is -0.840. The average Bonchev–Trinajstić information content (AvgIpc) is 2.71. The number of hydrogen-bond donors (Lipinski definition) is 0. The molecule has 3 rings (SSSR count). The van der Waals surface area contributed by atoms with Crippen molar-refractivity contribution < 1.29 is 0 Å². The Labute approximate surface area is 115 Å². The van der Waals surface area contributed by atoms with E-state index in [1.807, 2.05) is 6.20 Å². The van der Waals surface area contributed by atoms with Crippen LogP contribution < -0.4 is 0 Å². The van der Waals surface area contributed by atoms with Crippen LogP contribution in [0.5, 0.6) is 0 Å². The molecule has 3 heteroatoms. The fraction of sp³-hybridized carbons (Fsp3) is 0.357. The molecule has 0 N–H and O–H groups in total. The molecule has 1 aliphatic carbocycles. The van der Waals surface area contributed by atoms with Gasteiger partial charge in [0.15, 0.2) is 0 Å². The smallest absolute Gasteiger partial charge is 0.139 e. The molecular weight excluding hydrogens is 323 g/mol. The first-order chi connectivity index (χ1) is 8.33. The quantitative estimate of drug-likeness (QED) is 0.775. The summed E-state index contributed by atoms with van der Waals surface area (Å²) in [6, 6.07) is 8.55. The van der Waals surface area contributed by atoms with Gasteiger partial charge >= 0.3 is 0 Å². The number of halogens is 1. The van der Waals surface area contributed by atoms with Gasteiger partial charge in [-0.15, -0.1) is 0 Å². The number of nitrogens with zero attached hydrogens (tertiary/aromatic N) is 2. The molecule has 0 unspecified atom stereocenters. The molecule has 1 saturated carbocycles. The molecule has 0 saturated heterocycles. The zero-order chi connectivity index (χ0) is 11.7. The van der Waals surface area contributed by atoms with Crippen molar-refractivity contribution in [2.45, 2.75) is 25.8 Å². The maximum Gasteiger partial charge on any atom is 0.139 e. The maximum absolute atomic E-state index is 4.50. The fourth-order valence-corrected chi connectivity index (χ4v) is 2.84. The van der Waals surface area contributed by atoms with E-state index in [0.29, 0.717) is 0 Å². The molecule has 0 amide bonds. The summed E-state index contributed by atoms with van der Waals surface area (Å²) < 4.78 is 3.56. The molecule has 0 radical (unpaired) electrons. The van der Waals surface area contributed by atoms with Gasteiger partial charge in [0.1, 0.15) is 5.82 Å². The van der Waals surface area contributed by atoms with Crippen LogP contribution in [-0.4, -0.2) is 9.55 Å². The summed E-state index contributed by atoms with van der Waals surface area (Å²) in [4.78, 5) is 4.50. The van der Waals surface area contributed by atoms with Crippen molar-refractivity contribution in [1.82, 2.24) is 9.55 Å². The van der Waals surface area contributed by atoms with E-state index in [-0.39, 0.29) is 0 Å². The summed E-state index contributed by atoms with van der Waals surface area (Å²) in [5, 5.41) is 0. The van der Waals surface area contributed by atoms with E-state index < -0.39 is 0 Å². The highest BCUT2D eigenvalue weighted by atomic mass is 127. The standard InChI is InChI=1S/C14H15IN2/c15-13-6-2-5-12(9-13)14-16-7-8-17(14)10-11-3-1-4-11/h2,5-9,11H,1,3-4,10H2. The second kappa shape index (κ2) is 4.80. The highest BCUT2D eigenvalue weighted by Crippen LogP contribution is 2.29. The van der Waals surface area contributed by atoms with Crippen LogP contribution in [0.15, 0.2) is 36.7 Å². The Morgan fingerprint density at radius 1 is 1.35 bits per heavy atom. The summed E-state index contributed by atoms with van der Waals surface area (Å²) >= 11 is 2.35. The van der Waals surface area contributed by atoms with Crippen LogP contribution in [0.25, 0.3) is 11.4 Å². The van der Waals surface area contributed by atoms with Gasteiger partial charge in [0.25, 0.3) is 0 Å². The molecule has 1 fully saturated rings. The predicted molar refractivity (Wildman–Crippen MR) is 77.7 cm³/mol. The molecule has 1 aromatic carbocycles. The molecular formula is C14H15IN2. The third kappa shape index (κ3) is 2.39. The average molecular weight is 338 g/mol.